The van der Waals surface area contributed by atoms with Crippen LogP contribution in [0.25, 0.3) is 5.69 Å². The molecule has 0 saturated heterocycles. The molecule has 0 aliphatic heterocycles. The second-order valence-electron chi connectivity index (χ2n) is 6.26. The van der Waals surface area contributed by atoms with Crippen molar-refractivity contribution in [2.45, 2.75) is 50.6 Å². The largest absolute Gasteiger partial charge is 0.371 e. The lowest BCUT2D eigenvalue weighted by molar-refractivity contribution is 0.0683. The molecule has 7 heteroatoms. The molecule has 0 bridgehead atoms. The minimum absolute atomic E-state index is 0.163. The highest BCUT2D eigenvalue weighted by atomic mass is 32.2. The first-order chi connectivity index (χ1) is 12.6. The Morgan fingerprint density at radius 2 is 1.96 bits per heavy atom. The van der Waals surface area contributed by atoms with E-state index in [1.54, 1.807) is 18.0 Å². The van der Waals surface area contributed by atoms with E-state index in [1.165, 1.54) is 5.56 Å². The molecule has 0 spiro atoms. The van der Waals surface area contributed by atoms with Gasteiger partial charge in [-0.2, -0.15) is 4.98 Å². The highest BCUT2D eigenvalue weighted by Crippen LogP contribution is 2.25. The summed E-state index contributed by atoms with van der Waals surface area (Å²) < 4.78 is 12.9. The van der Waals surface area contributed by atoms with Crippen molar-refractivity contribution in [3.63, 3.8) is 0 Å². The van der Waals surface area contributed by atoms with Crippen LogP contribution in [-0.2, 0) is 10.5 Å². The van der Waals surface area contributed by atoms with E-state index in [0.29, 0.717) is 30.0 Å². The molecule has 0 saturated carbocycles. The molecule has 1 atom stereocenters. The van der Waals surface area contributed by atoms with Gasteiger partial charge in [0.2, 0.25) is 5.89 Å². The zero-order valence-electron chi connectivity index (χ0n) is 15.5. The summed E-state index contributed by atoms with van der Waals surface area (Å²) in [5.74, 6) is 2.23. The highest BCUT2D eigenvalue weighted by molar-refractivity contribution is 7.98. The summed E-state index contributed by atoms with van der Waals surface area (Å²) in [6.45, 7) is 8.86. The molecule has 0 N–H and O–H groups in total. The summed E-state index contributed by atoms with van der Waals surface area (Å²) in [6, 6.07) is 8.56. The van der Waals surface area contributed by atoms with E-state index in [4.69, 9.17) is 9.26 Å². The molecule has 3 rings (SSSR count). The number of ether oxygens (including phenoxy) is 1. The molecule has 0 amide bonds. The van der Waals surface area contributed by atoms with Gasteiger partial charge in [-0.3, -0.25) is 4.57 Å². The number of aromatic nitrogens is 4. The zero-order chi connectivity index (χ0) is 18.5. The van der Waals surface area contributed by atoms with Crippen LogP contribution in [0, 0.1) is 0 Å². The smallest absolute Gasteiger partial charge is 0.237 e. The maximum absolute atomic E-state index is 5.49. The Morgan fingerprint density at radius 1 is 1.19 bits per heavy atom. The van der Waals surface area contributed by atoms with Gasteiger partial charge < -0.3 is 9.26 Å². The maximum Gasteiger partial charge on any atom is 0.237 e. The topological polar surface area (TPSA) is 66.0 Å². The van der Waals surface area contributed by atoms with E-state index >= 15 is 0 Å². The summed E-state index contributed by atoms with van der Waals surface area (Å²) in [5.41, 5.74) is 2.41. The number of hydrogen-bond donors (Lipinski definition) is 0. The van der Waals surface area contributed by atoms with Gasteiger partial charge in [0, 0.05) is 24.7 Å². The monoisotopic (exact) mass is 372 g/mol. The van der Waals surface area contributed by atoms with Gasteiger partial charge in [-0.15, -0.1) is 0 Å². The molecule has 3 aromatic rings. The van der Waals surface area contributed by atoms with Crippen LogP contribution in [0.15, 0.2) is 46.3 Å². The normalized spacial score (nSPS) is 12.7. The third-order valence-electron chi connectivity index (χ3n) is 4.03. The fraction of sp³-hybridized carbons (Fsp3) is 0.421. The van der Waals surface area contributed by atoms with Crippen LogP contribution in [-0.4, -0.2) is 26.3 Å². The van der Waals surface area contributed by atoms with Crippen molar-refractivity contribution in [1.82, 2.24) is 19.7 Å². The van der Waals surface area contributed by atoms with Crippen LogP contribution in [0.1, 0.15) is 57.0 Å². The molecule has 2 heterocycles. The van der Waals surface area contributed by atoms with Gasteiger partial charge in [-0.1, -0.05) is 42.9 Å². The predicted molar refractivity (Wildman–Crippen MR) is 102 cm³/mol. The number of thioether (sulfide) groups is 1. The molecular weight excluding hydrogens is 348 g/mol. The first kappa shape index (κ1) is 18.7. The molecule has 138 valence electrons. The van der Waals surface area contributed by atoms with Gasteiger partial charge in [0.25, 0.3) is 0 Å². The Kier molecular flexibility index (Phi) is 6.11. The quantitative estimate of drug-likeness (QED) is 0.531. The van der Waals surface area contributed by atoms with Crippen LogP contribution >= 0.6 is 11.8 Å². The van der Waals surface area contributed by atoms with Crippen LogP contribution < -0.4 is 0 Å². The van der Waals surface area contributed by atoms with E-state index in [2.05, 4.69) is 57.8 Å². The first-order valence-corrected chi connectivity index (χ1v) is 9.77. The number of hydrogen-bond acceptors (Lipinski definition) is 6. The second kappa shape index (κ2) is 8.51. The van der Waals surface area contributed by atoms with Crippen molar-refractivity contribution in [2.75, 3.05) is 6.61 Å². The highest BCUT2D eigenvalue weighted by Gasteiger charge is 2.15. The lowest BCUT2D eigenvalue weighted by atomic mass is 10.0. The number of benzene rings is 1. The number of rotatable bonds is 8. The molecule has 0 fully saturated rings. The zero-order valence-corrected chi connectivity index (χ0v) is 16.4. The first-order valence-electron chi connectivity index (χ1n) is 8.79. The fourth-order valence-corrected chi connectivity index (χ4v) is 3.37. The maximum atomic E-state index is 5.49. The third kappa shape index (κ3) is 4.34. The van der Waals surface area contributed by atoms with Gasteiger partial charge in [0.1, 0.15) is 6.10 Å². The Bertz CT molecular complexity index is 826. The van der Waals surface area contributed by atoms with Crippen molar-refractivity contribution in [3.8, 4) is 5.69 Å². The number of imidazole rings is 1. The predicted octanol–water partition coefficient (Wildman–Crippen LogP) is 4.77. The molecule has 26 heavy (non-hydrogen) atoms. The summed E-state index contributed by atoms with van der Waals surface area (Å²) in [6.07, 6.45) is 3.60. The van der Waals surface area contributed by atoms with Crippen molar-refractivity contribution in [2.24, 2.45) is 0 Å². The molecule has 0 aliphatic carbocycles. The van der Waals surface area contributed by atoms with E-state index in [1.807, 2.05) is 20.0 Å². The second-order valence-corrected chi connectivity index (χ2v) is 7.20. The summed E-state index contributed by atoms with van der Waals surface area (Å²) in [7, 11) is 0. The Morgan fingerprint density at radius 3 is 2.65 bits per heavy atom. The van der Waals surface area contributed by atoms with Crippen LogP contribution in [0.2, 0.25) is 0 Å². The molecule has 2 aromatic heterocycles. The van der Waals surface area contributed by atoms with E-state index < -0.39 is 0 Å². The number of nitrogens with zero attached hydrogens (tertiary/aromatic N) is 4. The lowest BCUT2D eigenvalue weighted by Crippen LogP contribution is -2.01. The average molecular weight is 372 g/mol. The molecular formula is C19H24N4O2S. The van der Waals surface area contributed by atoms with Crippen molar-refractivity contribution < 1.29 is 9.26 Å². The Hall–Kier alpha value is -2.12. The minimum atomic E-state index is -0.163. The summed E-state index contributed by atoms with van der Waals surface area (Å²) in [5, 5.41) is 4.88. The summed E-state index contributed by atoms with van der Waals surface area (Å²) in [4.78, 5) is 8.85. The van der Waals surface area contributed by atoms with Gasteiger partial charge in [-0.25, -0.2) is 4.98 Å². The van der Waals surface area contributed by atoms with Crippen molar-refractivity contribution >= 4 is 11.8 Å². The average Bonchev–Trinajstić information content (AvgIpc) is 3.29. The van der Waals surface area contributed by atoms with E-state index in [0.717, 1.165) is 10.8 Å². The molecule has 1 aromatic carbocycles. The fourth-order valence-electron chi connectivity index (χ4n) is 2.56. The Balaban J connectivity index is 1.68. The van der Waals surface area contributed by atoms with Gasteiger partial charge in [0.15, 0.2) is 11.0 Å². The SMILES string of the molecule is CCOC(C)c1noc(CSc2nccn2-c2ccc(C(C)C)cc2)n1. The van der Waals surface area contributed by atoms with Gasteiger partial charge in [0.05, 0.1) is 5.75 Å². The van der Waals surface area contributed by atoms with E-state index in [-0.39, 0.29) is 6.10 Å². The third-order valence-corrected chi connectivity index (χ3v) is 4.99. The minimum Gasteiger partial charge on any atom is -0.371 e. The van der Waals surface area contributed by atoms with Crippen LogP contribution in [0.4, 0.5) is 0 Å². The molecule has 1 unspecified atom stereocenters. The van der Waals surface area contributed by atoms with Crippen LogP contribution in [0.5, 0.6) is 0 Å². The van der Waals surface area contributed by atoms with Crippen molar-refractivity contribution in [1.29, 1.82) is 0 Å². The van der Waals surface area contributed by atoms with Gasteiger partial charge >= 0.3 is 0 Å². The summed E-state index contributed by atoms with van der Waals surface area (Å²) >= 11 is 1.57. The Labute approximate surface area is 158 Å². The standard InChI is InChI=1S/C19H24N4O2S/c1-5-24-14(4)18-21-17(25-22-18)12-26-19-20-10-11-23(19)16-8-6-15(7-9-16)13(2)3/h6-11,13-14H,5,12H2,1-4H3. The van der Waals surface area contributed by atoms with Crippen LogP contribution in [0.3, 0.4) is 0 Å². The van der Waals surface area contributed by atoms with Gasteiger partial charge in [-0.05, 0) is 37.5 Å². The van der Waals surface area contributed by atoms with E-state index in [9.17, 15) is 0 Å². The molecule has 0 aliphatic rings. The van der Waals surface area contributed by atoms with Crippen molar-refractivity contribution in [3.05, 3.63) is 53.9 Å². The molecule has 0 radical (unpaired) electrons. The molecule has 6 nitrogen and oxygen atoms in total. The lowest BCUT2D eigenvalue weighted by Gasteiger charge is -2.09.